The lowest BCUT2D eigenvalue weighted by Crippen LogP contribution is -2.25. The van der Waals surface area contributed by atoms with Crippen molar-refractivity contribution in [2.75, 3.05) is 0 Å². The molecule has 4 nitrogen and oxygen atoms in total. The van der Waals surface area contributed by atoms with Crippen LogP contribution in [0.4, 0.5) is 13.2 Å². The smallest absolute Gasteiger partial charge is 0.346 e. The van der Waals surface area contributed by atoms with Gasteiger partial charge in [-0.2, -0.15) is 18.3 Å². The third-order valence-corrected chi connectivity index (χ3v) is 2.74. The van der Waals surface area contributed by atoms with Crippen molar-refractivity contribution in [2.45, 2.75) is 39.5 Å². The summed E-state index contributed by atoms with van der Waals surface area (Å²) in [5.41, 5.74) is 1.46. The van der Waals surface area contributed by atoms with Crippen molar-refractivity contribution in [3.8, 4) is 0 Å². The van der Waals surface area contributed by atoms with Gasteiger partial charge in [-0.25, -0.2) is 0 Å². The highest BCUT2D eigenvalue weighted by molar-refractivity contribution is 5.87. The zero-order valence-corrected chi connectivity index (χ0v) is 11.0. The molecule has 0 fully saturated rings. The van der Waals surface area contributed by atoms with Gasteiger partial charge in [-0.3, -0.25) is 9.48 Å². The highest BCUT2D eigenvalue weighted by atomic mass is 19.4. The summed E-state index contributed by atoms with van der Waals surface area (Å²) in [5.74, 6) is -0.380. The Kier molecular flexibility index (Phi) is 4.39. The maximum Gasteiger partial charge on any atom is 0.408 e. The van der Waals surface area contributed by atoms with Crippen LogP contribution in [0, 0.1) is 13.8 Å². The second kappa shape index (κ2) is 5.46. The van der Waals surface area contributed by atoms with Crippen molar-refractivity contribution in [1.82, 2.24) is 15.1 Å². The van der Waals surface area contributed by atoms with Crippen molar-refractivity contribution in [3.63, 3.8) is 0 Å². The second-order valence-corrected chi connectivity index (χ2v) is 4.29. The van der Waals surface area contributed by atoms with Crippen molar-refractivity contribution in [1.29, 1.82) is 0 Å². The summed E-state index contributed by atoms with van der Waals surface area (Å²) in [7, 11) is 0. The number of nitrogens with zero attached hydrogens (tertiary/aromatic N) is 2. The Morgan fingerprint density at radius 2 is 2.11 bits per heavy atom. The van der Waals surface area contributed by atoms with E-state index < -0.39 is 18.8 Å². The summed E-state index contributed by atoms with van der Waals surface area (Å²) in [4.78, 5) is 11.2. The van der Waals surface area contributed by atoms with E-state index in [1.54, 1.807) is 20.8 Å². The molecule has 0 saturated heterocycles. The number of hydrogen-bond donors (Lipinski definition) is 1. The molecule has 1 atom stereocenters. The molecule has 0 unspecified atom stereocenters. The number of carbonyl (C=O) groups is 1. The van der Waals surface area contributed by atoms with Gasteiger partial charge in [0.15, 0.2) is 0 Å². The first kappa shape index (κ1) is 15.3. The van der Waals surface area contributed by atoms with Gasteiger partial charge in [0.05, 0.1) is 11.7 Å². The number of aryl methyl sites for hydroxylation is 1. The average molecular weight is 275 g/mol. The van der Waals surface area contributed by atoms with Crippen LogP contribution >= 0.6 is 0 Å². The van der Waals surface area contributed by atoms with E-state index in [-0.39, 0.29) is 5.91 Å². The summed E-state index contributed by atoms with van der Waals surface area (Å²) >= 11 is 0. The summed E-state index contributed by atoms with van der Waals surface area (Å²) in [6.45, 7) is 7.05. The van der Waals surface area contributed by atoms with Crippen molar-refractivity contribution in [3.05, 3.63) is 29.6 Å². The van der Waals surface area contributed by atoms with Gasteiger partial charge < -0.3 is 5.32 Å². The largest absolute Gasteiger partial charge is 0.408 e. The van der Waals surface area contributed by atoms with Crippen LogP contribution in [0.15, 0.2) is 12.7 Å². The van der Waals surface area contributed by atoms with Gasteiger partial charge in [0.2, 0.25) is 5.91 Å². The molecule has 1 aromatic rings. The molecule has 1 aromatic heterocycles. The van der Waals surface area contributed by atoms with Crippen molar-refractivity contribution < 1.29 is 18.0 Å². The standard InChI is InChI=1S/C12H16F3N3O/c1-5-10(19)16-7(2)11-8(3)17-18(9(11)4)6-12(13,14)15/h5,7H,1,6H2,2-4H3,(H,16,19)/t7-/m1/s1. The van der Waals surface area contributed by atoms with Gasteiger partial charge in [0.25, 0.3) is 0 Å². The van der Waals surface area contributed by atoms with E-state index >= 15 is 0 Å². The first-order valence-electron chi connectivity index (χ1n) is 5.69. The number of alkyl halides is 3. The lowest BCUT2D eigenvalue weighted by molar-refractivity contribution is -0.143. The first-order valence-corrected chi connectivity index (χ1v) is 5.69. The predicted molar refractivity (Wildman–Crippen MR) is 64.5 cm³/mol. The Bertz CT molecular complexity index is 491. The fourth-order valence-corrected chi connectivity index (χ4v) is 2.01. The van der Waals surface area contributed by atoms with Crippen LogP contribution in [-0.2, 0) is 11.3 Å². The summed E-state index contributed by atoms with van der Waals surface area (Å²) in [5, 5.41) is 6.48. The normalized spacial score (nSPS) is 13.2. The minimum Gasteiger partial charge on any atom is -0.346 e. The molecule has 0 aromatic carbocycles. The highest BCUT2D eigenvalue weighted by Gasteiger charge is 2.30. The Labute approximate surface area is 109 Å². The SMILES string of the molecule is C=CC(=O)N[C@H](C)c1c(C)nn(CC(F)(F)F)c1C. The number of rotatable bonds is 4. The van der Waals surface area contributed by atoms with Crippen molar-refractivity contribution in [2.24, 2.45) is 0 Å². The topological polar surface area (TPSA) is 46.9 Å². The lowest BCUT2D eigenvalue weighted by Gasteiger charge is -2.14. The number of carbonyl (C=O) groups excluding carboxylic acids is 1. The molecule has 0 saturated carbocycles. The number of aromatic nitrogens is 2. The fourth-order valence-electron chi connectivity index (χ4n) is 2.01. The van der Waals surface area contributed by atoms with Crippen LogP contribution in [-0.4, -0.2) is 21.9 Å². The molecule has 7 heteroatoms. The third-order valence-electron chi connectivity index (χ3n) is 2.74. The molecule has 0 bridgehead atoms. The molecule has 0 aliphatic carbocycles. The Balaban J connectivity index is 3.02. The van der Waals surface area contributed by atoms with Gasteiger partial charge in [-0.1, -0.05) is 6.58 Å². The molecule has 0 radical (unpaired) electrons. The molecule has 0 aliphatic heterocycles. The minimum atomic E-state index is -4.33. The molecule has 1 N–H and O–H groups in total. The third kappa shape index (κ3) is 3.84. The van der Waals surface area contributed by atoms with Crippen LogP contribution < -0.4 is 5.32 Å². The maximum absolute atomic E-state index is 12.4. The van der Waals surface area contributed by atoms with Gasteiger partial charge in [0, 0.05) is 11.3 Å². The molecular weight excluding hydrogens is 259 g/mol. The zero-order valence-electron chi connectivity index (χ0n) is 11.0. The second-order valence-electron chi connectivity index (χ2n) is 4.29. The zero-order chi connectivity index (χ0) is 14.8. The van der Waals surface area contributed by atoms with E-state index in [2.05, 4.69) is 17.0 Å². The van der Waals surface area contributed by atoms with Gasteiger partial charge in [-0.15, -0.1) is 0 Å². The molecular formula is C12H16F3N3O. The predicted octanol–water partition coefficient (Wildman–Crippen LogP) is 2.43. The Hall–Kier alpha value is -1.79. The molecule has 0 aliphatic rings. The minimum absolute atomic E-state index is 0.380. The van der Waals surface area contributed by atoms with Crippen LogP contribution in [0.3, 0.4) is 0 Å². The quantitative estimate of drug-likeness (QED) is 0.858. The average Bonchev–Trinajstić information content (AvgIpc) is 2.51. The Morgan fingerprint density at radius 3 is 2.58 bits per heavy atom. The highest BCUT2D eigenvalue weighted by Crippen LogP contribution is 2.24. The molecule has 0 spiro atoms. The van der Waals surface area contributed by atoms with Gasteiger partial charge in [0.1, 0.15) is 6.54 Å². The van der Waals surface area contributed by atoms with E-state index in [4.69, 9.17) is 0 Å². The van der Waals surface area contributed by atoms with E-state index in [1.165, 1.54) is 0 Å². The summed E-state index contributed by atoms with van der Waals surface area (Å²) < 4.78 is 38.1. The van der Waals surface area contributed by atoms with E-state index in [0.717, 1.165) is 10.8 Å². The molecule has 1 amide bonds. The molecule has 19 heavy (non-hydrogen) atoms. The van der Waals surface area contributed by atoms with Crippen LogP contribution in [0.5, 0.6) is 0 Å². The number of nitrogens with one attached hydrogen (secondary N) is 1. The van der Waals surface area contributed by atoms with Gasteiger partial charge >= 0.3 is 6.18 Å². The first-order chi connectivity index (χ1) is 8.65. The van der Waals surface area contributed by atoms with Crippen LogP contribution in [0.1, 0.15) is 29.9 Å². The molecule has 106 valence electrons. The fraction of sp³-hybridized carbons (Fsp3) is 0.500. The van der Waals surface area contributed by atoms with Crippen molar-refractivity contribution >= 4 is 5.91 Å². The van der Waals surface area contributed by atoms with Crippen LogP contribution in [0.25, 0.3) is 0 Å². The number of hydrogen-bond acceptors (Lipinski definition) is 2. The van der Waals surface area contributed by atoms with E-state index in [0.29, 0.717) is 17.0 Å². The van der Waals surface area contributed by atoms with E-state index in [9.17, 15) is 18.0 Å². The van der Waals surface area contributed by atoms with Gasteiger partial charge in [-0.05, 0) is 26.8 Å². The van der Waals surface area contributed by atoms with E-state index in [1.807, 2.05) is 0 Å². The number of halogens is 3. The Morgan fingerprint density at radius 1 is 1.53 bits per heavy atom. The van der Waals surface area contributed by atoms with Crippen LogP contribution in [0.2, 0.25) is 0 Å². The molecule has 1 heterocycles. The lowest BCUT2D eigenvalue weighted by atomic mass is 10.1. The monoisotopic (exact) mass is 275 g/mol. The molecule has 1 rings (SSSR count). The number of amides is 1. The summed E-state index contributed by atoms with van der Waals surface area (Å²) in [6.07, 6.45) is -3.21. The maximum atomic E-state index is 12.4. The summed E-state index contributed by atoms with van der Waals surface area (Å²) in [6, 6.07) is -0.424.